The second-order valence-corrected chi connectivity index (χ2v) is 4.66. The Labute approximate surface area is 110 Å². The predicted molar refractivity (Wildman–Crippen MR) is 68.0 cm³/mol. The quantitative estimate of drug-likeness (QED) is 0.839. The molecule has 1 aromatic rings. The average molecular weight is 268 g/mol. The number of ether oxygens (including phenoxy) is 1. The molecule has 1 N–H and O–H groups in total. The molecular weight excluding hydrogens is 254 g/mol. The van der Waals surface area contributed by atoms with Crippen LogP contribution in [0.25, 0.3) is 0 Å². The van der Waals surface area contributed by atoms with E-state index in [0.29, 0.717) is 17.2 Å². The van der Waals surface area contributed by atoms with Gasteiger partial charge in [0.25, 0.3) is 5.91 Å². The fourth-order valence-corrected chi connectivity index (χ4v) is 2.41. The lowest BCUT2D eigenvalue weighted by Crippen LogP contribution is -2.24. The standard InChI is InChI=1S/C13H14ClNO3/c1-15-12(17)7-18-11-3-2-9-4-8(6-16)5-10(9)13(11)14/h2-3,6,8H,4-5,7H2,1H3,(H,15,17). The molecule has 1 aliphatic rings. The number of halogens is 1. The van der Waals surface area contributed by atoms with E-state index >= 15 is 0 Å². The van der Waals surface area contributed by atoms with E-state index in [1.54, 1.807) is 13.1 Å². The van der Waals surface area contributed by atoms with Crippen molar-refractivity contribution in [3.05, 3.63) is 28.3 Å². The third kappa shape index (κ3) is 2.48. The number of hydrogen-bond acceptors (Lipinski definition) is 3. The Morgan fingerprint density at radius 3 is 3.00 bits per heavy atom. The second-order valence-electron chi connectivity index (χ2n) is 4.28. The minimum Gasteiger partial charge on any atom is -0.482 e. The Bertz CT molecular complexity index is 487. The molecule has 18 heavy (non-hydrogen) atoms. The zero-order chi connectivity index (χ0) is 13.1. The molecule has 1 amide bonds. The van der Waals surface area contributed by atoms with Gasteiger partial charge in [0.1, 0.15) is 12.0 Å². The van der Waals surface area contributed by atoms with E-state index in [4.69, 9.17) is 16.3 Å². The monoisotopic (exact) mass is 267 g/mol. The molecule has 1 aromatic carbocycles. The van der Waals surface area contributed by atoms with Gasteiger partial charge in [-0.2, -0.15) is 0 Å². The highest BCUT2D eigenvalue weighted by Gasteiger charge is 2.25. The van der Waals surface area contributed by atoms with Gasteiger partial charge in [0.05, 0.1) is 5.02 Å². The summed E-state index contributed by atoms with van der Waals surface area (Å²) in [6.07, 6.45) is 2.34. The Morgan fingerprint density at radius 2 is 2.33 bits per heavy atom. The molecule has 5 heteroatoms. The highest BCUT2D eigenvalue weighted by molar-refractivity contribution is 6.33. The molecule has 96 valence electrons. The summed E-state index contributed by atoms with van der Waals surface area (Å²) in [4.78, 5) is 21.9. The Balaban J connectivity index is 2.16. The van der Waals surface area contributed by atoms with Crippen LogP contribution >= 0.6 is 11.6 Å². The Morgan fingerprint density at radius 1 is 1.56 bits per heavy atom. The number of hydrogen-bond donors (Lipinski definition) is 1. The summed E-state index contributed by atoms with van der Waals surface area (Å²) in [6.45, 7) is -0.0634. The van der Waals surface area contributed by atoms with Crippen LogP contribution in [0.5, 0.6) is 5.75 Å². The molecule has 0 heterocycles. The number of likely N-dealkylation sites (N-methyl/N-ethyl adjacent to an activating group) is 1. The maximum absolute atomic E-state index is 11.1. The second kappa shape index (κ2) is 5.40. The number of carbonyl (C=O) groups excluding carboxylic acids is 2. The molecule has 4 nitrogen and oxygen atoms in total. The van der Waals surface area contributed by atoms with Crippen LogP contribution in [0.1, 0.15) is 11.1 Å². The maximum atomic E-state index is 11.1. The summed E-state index contributed by atoms with van der Waals surface area (Å²) >= 11 is 6.23. The van der Waals surface area contributed by atoms with Gasteiger partial charge >= 0.3 is 0 Å². The van der Waals surface area contributed by atoms with Gasteiger partial charge in [0.15, 0.2) is 6.61 Å². The molecule has 0 bridgehead atoms. The zero-order valence-electron chi connectivity index (χ0n) is 10.0. The first-order chi connectivity index (χ1) is 8.65. The Kier molecular flexibility index (Phi) is 3.87. The third-order valence-corrected chi connectivity index (χ3v) is 3.50. The molecule has 0 radical (unpaired) electrons. The van der Waals surface area contributed by atoms with E-state index in [0.717, 1.165) is 23.8 Å². The van der Waals surface area contributed by atoms with Gasteiger partial charge < -0.3 is 14.8 Å². The Hall–Kier alpha value is -1.55. The van der Waals surface area contributed by atoms with Crippen molar-refractivity contribution in [1.29, 1.82) is 0 Å². The van der Waals surface area contributed by atoms with Gasteiger partial charge in [-0.25, -0.2) is 0 Å². The van der Waals surface area contributed by atoms with Crippen molar-refractivity contribution in [2.45, 2.75) is 12.8 Å². The van der Waals surface area contributed by atoms with Crippen molar-refractivity contribution < 1.29 is 14.3 Å². The first kappa shape index (κ1) is 12.9. The lowest BCUT2D eigenvalue weighted by Gasteiger charge is -2.10. The summed E-state index contributed by atoms with van der Waals surface area (Å²) in [5.41, 5.74) is 2.05. The van der Waals surface area contributed by atoms with Gasteiger partial charge in [0, 0.05) is 13.0 Å². The highest BCUT2D eigenvalue weighted by atomic mass is 35.5. The van der Waals surface area contributed by atoms with Crippen LogP contribution in [-0.2, 0) is 22.4 Å². The van der Waals surface area contributed by atoms with Crippen LogP contribution in [0, 0.1) is 5.92 Å². The average Bonchev–Trinajstić information content (AvgIpc) is 2.81. The summed E-state index contributed by atoms with van der Waals surface area (Å²) < 4.78 is 5.35. The predicted octanol–water partition coefficient (Wildman–Crippen LogP) is 1.38. The van der Waals surface area contributed by atoms with Crippen molar-refractivity contribution in [2.24, 2.45) is 5.92 Å². The maximum Gasteiger partial charge on any atom is 0.257 e. The molecule has 1 unspecified atom stereocenters. The van der Waals surface area contributed by atoms with Gasteiger partial charge in [-0.1, -0.05) is 17.7 Å². The number of nitrogens with one attached hydrogen (secondary N) is 1. The molecular formula is C13H14ClNO3. The van der Waals surface area contributed by atoms with Crippen molar-refractivity contribution >= 4 is 23.8 Å². The minimum atomic E-state index is -0.211. The normalized spacial score (nSPS) is 17.1. The SMILES string of the molecule is CNC(=O)COc1ccc2c(c1Cl)CC(C=O)C2. The molecule has 0 saturated heterocycles. The van der Waals surface area contributed by atoms with Gasteiger partial charge in [-0.05, 0) is 30.0 Å². The first-order valence-electron chi connectivity index (χ1n) is 5.74. The van der Waals surface area contributed by atoms with Crippen LogP contribution in [0.2, 0.25) is 5.02 Å². The van der Waals surface area contributed by atoms with Crippen LogP contribution in [0.4, 0.5) is 0 Å². The topological polar surface area (TPSA) is 55.4 Å². The number of aldehydes is 1. The van der Waals surface area contributed by atoms with E-state index in [9.17, 15) is 9.59 Å². The van der Waals surface area contributed by atoms with Crippen molar-refractivity contribution in [1.82, 2.24) is 5.32 Å². The smallest absolute Gasteiger partial charge is 0.257 e. The van der Waals surface area contributed by atoms with E-state index in [1.165, 1.54) is 0 Å². The lowest BCUT2D eigenvalue weighted by atomic mass is 10.1. The van der Waals surface area contributed by atoms with Crippen LogP contribution in [-0.4, -0.2) is 25.8 Å². The van der Waals surface area contributed by atoms with E-state index in [-0.39, 0.29) is 18.4 Å². The van der Waals surface area contributed by atoms with Gasteiger partial charge in [0.2, 0.25) is 0 Å². The molecule has 2 rings (SSSR count). The number of carbonyl (C=O) groups is 2. The summed E-state index contributed by atoms with van der Waals surface area (Å²) in [5.74, 6) is 0.287. The lowest BCUT2D eigenvalue weighted by molar-refractivity contribution is -0.122. The van der Waals surface area contributed by atoms with Crippen LogP contribution < -0.4 is 10.1 Å². The highest BCUT2D eigenvalue weighted by Crippen LogP contribution is 2.37. The van der Waals surface area contributed by atoms with Crippen molar-refractivity contribution in [3.63, 3.8) is 0 Å². The molecule has 0 aromatic heterocycles. The summed E-state index contributed by atoms with van der Waals surface area (Å²) in [6, 6.07) is 3.65. The largest absolute Gasteiger partial charge is 0.482 e. The fourth-order valence-electron chi connectivity index (χ4n) is 2.09. The van der Waals surface area contributed by atoms with E-state index in [2.05, 4.69) is 5.32 Å². The number of benzene rings is 1. The number of amides is 1. The minimum absolute atomic E-state index is 0.00619. The van der Waals surface area contributed by atoms with Crippen molar-refractivity contribution in [3.8, 4) is 5.75 Å². The van der Waals surface area contributed by atoms with E-state index in [1.807, 2.05) is 6.07 Å². The van der Waals surface area contributed by atoms with Crippen LogP contribution in [0.15, 0.2) is 12.1 Å². The summed E-state index contributed by atoms with van der Waals surface area (Å²) in [7, 11) is 1.55. The van der Waals surface area contributed by atoms with Gasteiger partial charge in [-0.3, -0.25) is 4.79 Å². The molecule has 1 aliphatic carbocycles. The van der Waals surface area contributed by atoms with E-state index < -0.39 is 0 Å². The molecule has 0 aliphatic heterocycles. The number of rotatable bonds is 4. The number of fused-ring (bicyclic) bond motifs is 1. The summed E-state index contributed by atoms with van der Waals surface area (Å²) in [5, 5.41) is 2.98. The van der Waals surface area contributed by atoms with Crippen molar-refractivity contribution in [2.75, 3.05) is 13.7 Å². The third-order valence-electron chi connectivity index (χ3n) is 3.08. The first-order valence-corrected chi connectivity index (χ1v) is 6.12. The fraction of sp³-hybridized carbons (Fsp3) is 0.385. The molecule has 0 saturated carbocycles. The van der Waals surface area contributed by atoms with Crippen LogP contribution in [0.3, 0.4) is 0 Å². The molecule has 0 spiro atoms. The molecule has 1 atom stereocenters. The van der Waals surface area contributed by atoms with Gasteiger partial charge in [-0.15, -0.1) is 0 Å². The zero-order valence-corrected chi connectivity index (χ0v) is 10.8. The molecule has 0 fully saturated rings.